The number of hydrogen-bond donors (Lipinski definition) is 2. The van der Waals surface area contributed by atoms with Crippen LogP contribution in [0.2, 0.25) is 5.02 Å². The van der Waals surface area contributed by atoms with Gasteiger partial charge in [-0.2, -0.15) is 0 Å². The number of H-pyrrole nitrogens is 1. The SMILES string of the molecule is O=C(NC12CC3CC(CC(C3)C1)C2)c1cc(-c2ccccc2Cl)c[nH]1. The van der Waals surface area contributed by atoms with Gasteiger partial charge in [0.15, 0.2) is 0 Å². The molecule has 1 amide bonds. The molecule has 1 aromatic carbocycles. The highest BCUT2D eigenvalue weighted by Crippen LogP contribution is 2.55. The van der Waals surface area contributed by atoms with Crippen LogP contribution >= 0.6 is 11.6 Å². The van der Waals surface area contributed by atoms with E-state index in [9.17, 15) is 4.79 Å². The van der Waals surface area contributed by atoms with Crippen LogP contribution in [0.3, 0.4) is 0 Å². The molecule has 4 bridgehead atoms. The molecule has 4 saturated carbocycles. The molecule has 4 aliphatic rings. The van der Waals surface area contributed by atoms with Crippen molar-refractivity contribution in [1.29, 1.82) is 0 Å². The lowest BCUT2D eigenvalue weighted by atomic mass is 9.53. The van der Waals surface area contributed by atoms with Gasteiger partial charge in [0, 0.05) is 27.9 Å². The molecule has 0 spiro atoms. The normalized spacial score (nSPS) is 32.8. The highest BCUT2D eigenvalue weighted by atomic mass is 35.5. The summed E-state index contributed by atoms with van der Waals surface area (Å²) in [5, 5.41) is 4.12. The lowest BCUT2D eigenvalue weighted by Crippen LogP contribution is -2.59. The van der Waals surface area contributed by atoms with Crippen LogP contribution in [0.15, 0.2) is 36.5 Å². The smallest absolute Gasteiger partial charge is 0.268 e. The number of amides is 1. The first-order valence-electron chi connectivity index (χ1n) is 9.36. The minimum Gasteiger partial charge on any atom is -0.357 e. The molecule has 2 aromatic rings. The zero-order valence-corrected chi connectivity index (χ0v) is 15.0. The minimum absolute atomic E-state index is 0.0280. The molecule has 25 heavy (non-hydrogen) atoms. The molecule has 130 valence electrons. The highest BCUT2D eigenvalue weighted by Gasteiger charge is 2.51. The first-order chi connectivity index (χ1) is 12.1. The number of nitrogens with one attached hydrogen (secondary N) is 2. The fraction of sp³-hybridized carbons (Fsp3) is 0.476. The summed E-state index contributed by atoms with van der Waals surface area (Å²) >= 11 is 6.28. The van der Waals surface area contributed by atoms with Gasteiger partial charge in [0.05, 0.1) is 0 Å². The van der Waals surface area contributed by atoms with Gasteiger partial charge in [0.2, 0.25) is 0 Å². The fourth-order valence-corrected chi connectivity index (χ4v) is 6.19. The predicted molar refractivity (Wildman–Crippen MR) is 99.6 cm³/mol. The third kappa shape index (κ3) is 2.69. The molecule has 0 unspecified atom stereocenters. The summed E-state index contributed by atoms with van der Waals surface area (Å²) in [6.45, 7) is 0. The maximum Gasteiger partial charge on any atom is 0.268 e. The third-order valence-corrected chi connectivity index (χ3v) is 6.86. The Kier molecular flexibility index (Phi) is 3.50. The lowest BCUT2D eigenvalue weighted by molar-refractivity contribution is -0.0167. The second-order valence-corrected chi connectivity index (χ2v) is 8.84. The first kappa shape index (κ1) is 15.5. The Hall–Kier alpha value is -1.74. The van der Waals surface area contributed by atoms with Crippen LogP contribution < -0.4 is 5.32 Å². The summed E-state index contributed by atoms with van der Waals surface area (Å²) in [7, 11) is 0. The van der Waals surface area contributed by atoms with Crippen LogP contribution in [-0.2, 0) is 0 Å². The van der Waals surface area contributed by atoms with Crippen molar-refractivity contribution in [3.05, 3.63) is 47.2 Å². The van der Waals surface area contributed by atoms with Crippen molar-refractivity contribution in [1.82, 2.24) is 10.3 Å². The number of halogens is 1. The summed E-state index contributed by atoms with van der Waals surface area (Å²) in [5.74, 6) is 2.51. The van der Waals surface area contributed by atoms with E-state index >= 15 is 0 Å². The molecule has 4 heteroatoms. The summed E-state index contributed by atoms with van der Waals surface area (Å²) in [5.41, 5.74) is 2.59. The van der Waals surface area contributed by atoms with E-state index in [0.29, 0.717) is 10.7 Å². The highest BCUT2D eigenvalue weighted by molar-refractivity contribution is 6.33. The number of carbonyl (C=O) groups excluding carboxylic acids is 1. The Balaban J connectivity index is 1.36. The van der Waals surface area contributed by atoms with Crippen LogP contribution in [-0.4, -0.2) is 16.4 Å². The first-order valence-corrected chi connectivity index (χ1v) is 9.74. The minimum atomic E-state index is 0.0280. The lowest BCUT2D eigenvalue weighted by Gasteiger charge is -2.56. The summed E-state index contributed by atoms with van der Waals surface area (Å²) < 4.78 is 0. The van der Waals surface area contributed by atoms with Crippen LogP contribution in [0.25, 0.3) is 11.1 Å². The van der Waals surface area contributed by atoms with Gasteiger partial charge >= 0.3 is 0 Å². The van der Waals surface area contributed by atoms with Gasteiger partial charge in [0.25, 0.3) is 5.91 Å². The molecule has 4 fully saturated rings. The summed E-state index contributed by atoms with van der Waals surface area (Å²) in [4.78, 5) is 16.0. The van der Waals surface area contributed by atoms with E-state index in [-0.39, 0.29) is 11.4 Å². The molecule has 1 aromatic heterocycles. The van der Waals surface area contributed by atoms with Crippen molar-refractivity contribution in [3.63, 3.8) is 0 Å². The summed E-state index contributed by atoms with van der Waals surface area (Å²) in [6.07, 6.45) is 9.53. The van der Waals surface area contributed by atoms with Crippen LogP contribution in [0.4, 0.5) is 0 Å². The second kappa shape index (κ2) is 5.63. The molecule has 6 rings (SSSR count). The Morgan fingerprint density at radius 1 is 1.08 bits per heavy atom. The van der Waals surface area contributed by atoms with Crippen molar-refractivity contribution < 1.29 is 4.79 Å². The topological polar surface area (TPSA) is 44.9 Å². The van der Waals surface area contributed by atoms with E-state index in [4.69, 9.17) is 11.6 Å². The predicted octanol–water partition coefficient (Wildman–Crippen LogP) is 5.03. The maximum absolute atomic E-state index is 12.9. The van der Waals surface area contributed by atoms with E-state index in [1.807, 2.05) is 36.5 Å². The van der Waals surface area contributed by atoms with Crippen molar-refractivity contribution in [3.8, 4) is 11.1 Å². The molecule has 0 saturated heterocycles. The van der Waals surface area contributed by atoms with Gasteiger partial charge in [-0.15, -0.1) is 0 Å². The van der Waals surface area contributed by atoms with Crippen molar-refractivity contribution in [2.45, 2.75) is 44.1 Å². The Bertz CT molecular complexity index is 790. The van der Waals surface area contributed by atoms with Gasteiger partial charge in [-0.3, -0.25) is 4.79 Å². The van der Waals surface area contributed by atoms with Gasteiger partial charge in [0.1, 0.15) is 5.69 Å². The van der Waals surface area contributed by atoms with Crippen LogP contribution in [0.1, 0.15) is 49.0 Å². The molecule has 2 N–H and O–H groups in total. The number of hydrogen-bond acceptors (Lipinski definition) is 1. The molecule has 3 nitrogen and oxygen atoms in total. The standard InChI is InChI=1S/C21H23ClN2O/c22-18-4-2-1-3-17(18)16-8-19(23-12-16)20(25)24-21-9-13-5-14(10-21)7-15(6-13)11-21/h1-4,8,12-15,23H,5-7,9-11H2,(H,24,25). The Morgan fingerprint density at radius 2 is 1.72 bits per heavy atom. The average Bonchev–Trinajstić information content (AvgIpc) is 3.03. The Labute approximate surface area is 153 Å². The molecule has 0 atom stereocenters. The molecular formula is C21H23ClN2O. The third-order valence-electron chi connectivity index (χ3n) is 6.53. The maximum atomic E-state index is 12.9. The van der Waals surface area contributed by atoms with E-state index in [1.165, 1.54) is 38.5 Å². The van der Waals surface area contributed by atoms with E-state index < -0.39 is 0 Å². The Morgan fingerprint density at radius 3 is 2.36 bits per heavy atom. The van der Waals surface area contributed by atoms with Gasteiger partial charge in [-0.25, -0.2) is 0 Å². The molecule has 4 aliphatic carbocycles. The molecular weight excluding hydrogens is 332 g/mol. The van der Waals surface area contributed by atoms with Crippen molar-refractivity contribution in [2.24, 2.45) is 17.8 Å². The molecule has 0 aliphatic heterocycles. The number of carbonyl (C=O) groups is 1. The van der Waals surface area contributed by atoms with E-state index in [0.717, 1.165) is 28.9 Å². The zero-order chi connectivity index (χ0) is 17.0. The van der Waals surface area contributed by atoms with Crippen LogP contribution in [0.5, 0.6) is 0 Å². The van der Waals surface area contributed by atoms with Crippen LogP contribution in [0, 0.1) is 17.8 Å². The van der Waals surface area contributed by atoms with Crippen molar-refractivity contribution in [2.75, 3.05) is 0 Å². The largest absolute Gasteiger partial charge is 0.357 e. The van der Waals surface area contributed by atoms with Crippen molar-refractivity contribution >= 4 is 17.5 Å². The van der Waals surface area contributed by atoms with Gasteiger partial charge in [-0.1, -0.05) is 29.8 Å². The number of benzene rings is 1. The molecule has 0 radical (unpaired) electrons. The average molecular weight is 355 g/mol. The summed E-state index contributed by atoms with van der Waals surface area (Å²) in [6, 6.07) is 9.64. The quantitative estimate of drug-likeness (QED) is 0.797. The zero-order valence-electron chi connectivity index (χ0n) is 14.2. The van der Waals surface area contributed by atoms with E-state index in [1.54, 1.807) is 0 Å². The number of aromatic nitrogens is 1. The number of aromatic amines is 1. The second-order valence-electron chi connectivity index (χ2n) is 8.43. The van der Waals surface area contributed by atoms with Gasteiger partial charge < -0.3 is 10.3 Å². The van der Waals surface area contributed by atoms with E-state index in [2.05, 4.69) is 10.3 Å². The number of rotatable bonds is 3. The van der Waals surface area contributed by atoms with Gasteiger partial charge in [-0.05, 0) is 68.4 Å². The molecule has 1 heterocycles. The fourth-order valence-electron chi connectivity index (χ4n) is 5.95. The monoisotopic (exact) mass is 354 g/mol.